The molecule has 1 aromatic rings. The van der Waals surface area contributed by atoms with E-state index in [1.54, 1.807) is 17.2 Å². The van der Waals surface area contributed by atoms with E-state index in [2.05, 4.69) is 4.98 Å². The van der Waals surface area contributed by atoms with Crippen molar-refractivity contribution in [3.63, 3.8) is 0 Å². The van der Waals surface area contributed by atoms with Gasteiger partial charge in [0.1, 0.15) is 11.7 Å². The molecule has 1 N–H and O–H groups in total. The van der Waals surface area contributed by atoms with Gasteiger partial charge in [-0.25, -0.2) is 9.78 Å². The summed E-state index contributed by atoms with van der Waals surface area (Å²) in [5.41, 5.74) is -0.505. The van der Waals surface area contributed by atoms with Gasteiger partial charge in [0.2, 0.25) is 0 Å². The SMILES string of the molecule is CC(C)(C)OC(=O)N1CC[C@@H](Oc2ncccc2O)C1. The van der Waals surface area contributed by atoms with Gasteiger partial charge in [-0.05, 0) is 32.9 Å². The third kappa shape index (κ3) is 3.76. The first-order valence-electron chi connectivity index (χ1n) is 6.64. The molecule has 20 heavy (non-hydrogen) atoms. The van der Waals surface area contributed by atoms with Crippen LogP contribution in [0.2, 0.25) is 0 Å². The number of hydrogen-bond donors (Lipinski definition) is 1. The Morgan fingerprint density at radius 3 is 2.90 bits per heavy atom. The molecule has 2 heterocycles. The summed E-state index contributed by atoms with van der Waals surface area (Å²) < 4.78 is 10.9. The molecular weight excluding hydrogens is 260 g/mol. The van der Waals surface area contributed by atoms with Crippen molar-refractivity contribution in [2.24, 2.45) is 0 Å². The Bertz CT molecular complexity index is 484. The Morgan fingerprint density at radius 1 is 1.50 bits per heavy atom. The second kappa shape index (κ2) is 5.56. The molecule has 0 aromatic carbocycles. The number of carbonyl (C=O) groups excluding carboxylic acids is 1. The van der Waals surface area contributed by atoms with E-state index < -0.39 is 5.60 Å². The molecule has 0 saturated carbocycles. The number of pyridine rings is 1. The molecule has 1 saturated heterocycles. The van der Waals surface area contributed by atoms with Crippen LogP contribution in [0.15, 0.2) is 18.3 Å². The lowest BCUT2D eigenvalue weighted by molar-refractivity contribution is 0.0274. The summed E-state index contributed by atoms with van der Waals surface area (Å²) >= 11 is 0. The average Bonchev–Trinajstić information content (AvgIpc) is 2.79. The third-order valence-corrected chi connectivity index (χ3v) is 2.83. The monoisotopic (exact) mass is 280 g/mol. The normalized spacial score (nSPS) is 18.9. The molecule has 1 aromatic heterocycles. The molecule has 0 spiro atoms. The van der Waals surface area contributed by atoms with Crippen molar-refractivity contribution in [1.82, 2.24) is 9.88 Å². The lowest BCUT2D eigenvalue weighted by atomic mass is 10.2. The van der Waals surface area contributed by atoms with Gasteiger partial charge in [-0.3, -0.25) is 0 Å². The first-order valence-corrected chi connectivity index (χ1v) is 6.64. The van der Waals surface area contributed by atoms with E-state index in [0.29, 0.717) is 19.5 Å². The van der Waals surface area contributed by atoms with E-state index in [0.717, 1.165) is 0 Å². The van der Waals surface area contributed by atoms with Crippen molar-refractivity contribution in [3.8, 4) is 11.6 Å². The van der Waals surface area contributed by atoms with Gasteiger partial charge in [-0.2, -0.15) is 0 Å². The van der Waals surface area contributed by atoms with Crippen LogP contribution in [-0.4, -0.2) is 45.9 Å². The molecule has 0 bridgehead atoms. The summed E-state index contributed by atoms with van der Waals surface area (Å²) in [6.45, 7) is 6.51. The highest BCUT2D eigenvalue weighted by molar-refractivity contribution is 5.68. The van der Waals surface area contributed by atoms with Crippen LogP contribution in [0.3, 0.4) is 0 Å². The number of likely N-dealkylation sites (tertiary alicyclic amines) is 1. The van der Waals surface area contributed by atoms with Crippen molar-refractivity contribution >= 4 is 6.09 Å². The number of aromatic nitrogens is 1. The van der Waals surface area contributed by atoms with E-state index in [9.17, 15) is 9.90 Å². The van der Waals surface area contributed by atoms with Crippen molar-refractivity contribution < 1.29 is 19.4 Å². The van der Waals surface area contributed by atoms with Crippen LogP contribution in [0.25, 0.3) is 0 Å². The molecule has 6 nitrogen and oxygen atoms in total. The molecule has 2 rings (SSSR count). The quantitative estimate of drug-likeness (QED) is 0.899. The maximum Gasteiger partial charge on any atom is 0.410 e. The molecule has 0 aliphatic carbocycles. The van der Waals surface area contributed by atoms with E-state index in [4.69, 9.17) is 9.47 Å². The first-order chi connectivity index (χ1) is 9.35. The molecule has 0 unspecified atom stereocenters. The van der Waals surface area contributed by atoms with Gasteiger partial charge in [0.15, 0.2) is 5.75 Å². The molecule has 1 aliphatic heterocycles. The fraction of sp³-hybridized carbons (Fsp3) is 0.571. The van der Waals surface area contributed by atoms with Gasteiger partial charge in [0, 0.05) is 19.2 Å². The Balaban J connectivity index is 1.90. The number of ether oxygens (including phenoxy) is 2. The lowest BCUT2D eigenvalue weighted by Crippen LogP contribution is -2.36. The third-order valence-electron chi connectivity index (χ3n) is 2.83. The highest BCUT2D eigenvalue weighted by Crippen LogP contribution is 2.25. The molecule has 1 aliphatic rings. The topological polar surface area (TPSA) is 71.9 Å². The lowest BCUT2D eigenvalue weighted by Gasteiger charge is -2.24. The number of amides is 1. The highest BCUT2D eigenvalue weighted by Gasteiger charge is 2.31. The number of aromatic hydroxyl groups is 1. The van der Waals surface area contributed by atoms with Crippen LogP contribution in [0.5, 0.6) is 11.6 Å². The molecule has 6 heteroatoms. The largest absolute Gasteiger partial charge is 0.503 e. The Hall–Kier alpha value is -1.98. The maximum atomic E-state index is 11.9. The van der Waals surface area contributed by atoms with Gasteiger partial charge < -0.3 is 19.5 Å². The van der Waals surface area contributed by atoms with E-state index >= 15 is 0 Å². The second-order valence-corrected chi connectivity index (χ2v) is 5.78. The summed E-state index contributed by atoms with van der Waals surface area (Å²) in [7, 11) is 0. The Morgan fingerprint density at radius 2 is 2.25 bits per heavy atom. The minimum absolute atomic E-state index is 0.00298. The maximum absolute atomic E-state index is 11.9. The predicted molar refractivity (Wildman–Crippen MR) is 72.7 cm³/mol. The van der Waals surface area contributed by atoms with Crippen LogP contribution in [0, 0.1) is 0 Å². The molecule has 110 valence electrons. The molecular formula is C14H20N2O4. The van der Waals surface area contributed by atoms with Crippen LogP contribution in [-0.2, 0) is 4.74 Å². The number of carbonyl (C=O) groups is 1. The van der Waals surface area contributed by atoms with Gasteiger partial charge in [-0.1, -0.05) is 0 Å². The van der Waals surface area contributed by atoms with E-state index in [1.165, 1.54) is 6.07 Å². The number of nitrogens with zero attached hydrogens (tertiary/aromatic N) is 2. The summed E-state index contributed by atoms with van der Waals surface area (Å²) in [5.74, 6) is 0.201. The smallest absolute Gasteiger partial charge is 0.410 e. The van der Waals surface area contributed by atoms with Crippen LogP contribution >= 0.6 is 0 Å². The Kier molecular flexibility index (Phi) is 4.01. The predicted octanol–water partition coefficient (Wildman–Crippen LogP) is 2.18. The minimum atomic E-state index is -0.505. The average molecular weight is 280 g/mol. The zero-order valence-electron chi connectivity index (χ0n) is 12.0. The van der Waals surface area contributed by atoms with Gasteiger partial charge in [0.05, 0.1) is 6.54 Å². The number of hydrogen-bond acceptors (Lipinski definition) is 5. The van der Waals surface area contributed by atoms with E-state index in [-0.39, 0.29) is 23.8 Å². The molecule has 1 fully saturated rings. The molecule has 1 atom stereocenters. The fourth-order valence-electron chi connectivity index (χ4n) is 1.95. The van der Waals surface area contributed by atoms with Crippen molar-refractivity contribution in [1.29, 1.82) is 0 Å². The van der Waals surface area contributed by atoms with Crippen molar-refractivity contribution in [2.45, 2.75) is 38.9 Å². The first kappa shape index (κ1) is 14.4. The summed E-state index contributed by atoms with van der Waals surface area (Å²) in [6.07, 6.45) is 1.72. The standard InChI is InChI=1S/C14H20N2O4/c1-14(2,3)20-13(18)16-8-6-10(9-16)19-12-11(17)5-4-7-15-12/h4-5,7,10,17H,6,8-9H2,1-3H3/t10-/m1/s1. The number of rotatable bonds is 2. The van der Waals surface area contributed by atoms with Crippen LogP contribution in [0.1, 0.15) is 27.2 Å². The van der Waals surface area contributed by atoms with Gasteiger partial charge >= 0.3 is 6.09 Å². The fourth-order valence-corrected chi connectivity index (χ4v) is 1.95. The van der Waals surface area contributed by atoms with Crippen LogP contribution in [0.4, 0.5) is 4.79 Å². The van der Waals surface area contributed by atoms with Crippen LogP contribution < -0.4 is 4.74 Å². The van der Waals surface area contributed by atoms with Gasteiger partial charge in [-0.15, -0.1) is 0 Å². The van der Waals surface area contributed by atoms with E-state index in [1.807, 2.05) is 20.8 Å². The molecule has 0 radical (unpaired) electrons. The minimum Gasteiger partial charge on any atom is -0.503 e. The summed E-state index contributed by atoms with van der Waals surface area (Å²) in [4.78, 5) is 17.5. The molecule has 1 amide bonds. The summed E-state index contributed by atoms with van der Waals surface area (Å²) in [6, 6.07) is 3.15. The second-order valence-electron chi connectivity index (χ2n) is 5.78. The highest BCUT2D eigenvalue weighted by atomic mass is 16.6. The Labute approximate surface area is 118 Å². The van der Waals surface area contributed by atoms with Crippen molar-refractivity contribution in [2.75, 3.05) is 13.1 Å². The zero-order valence-corrected chi connectivity index (χ0v) is 12.0. The van der Waals surface area contributed by atoms with Crippen molar-refractivity contribution in [3.05, 3.63) is 18.3 Å². The zero-order chi connectivity index (χ0) is 14.8. The summed E-state index contributed by atoms with van der Waals surface area (Å²) in [5, 5.41) is 9.61. The van der Waals surface area contributed by atoms with Gasteiger partial charge in [0.25, 0.3) is 5.88 Å².